The van der Waals surface area contributed by atoms with Gasteiger partial charge in [-0.3, -0.25) is 9.10 Å². The van der Waals surface area contributed by atoms with Gasteiger partial charge in [-0.2, -0.15) is 4.31 Å². The SMILES string of the molecule is COc1ccc(S(=O)(=O)N2CCCC2)cc1NC(=O)c1ccc(N(Cc2ccc(F)cc2)S(C)(=O)=O)cc1. The number of rotatable bonds is 9. The number of nitrogens with zero attached hydrogens (tertiary/aromatic N) is 2. The number of hydrogen-bond donors (Lipinski definition) is 1. The number of amides is 1. The highest BCUT2D eigenvalue weighted by Crippen LogP contribution is 2.31. The third-order valence-electron chi connectivity index (χ3n) is 6.18. The summed E-state index contributed by atoms with van der Waals surface area (Å²) in [5.74, 6) is -0.668. The van der Waals surface area contributed by atoms with Crippen LogP contribution < -0.4 is 14.4 Å². The van der Waals surface area contributed by atoms with Gasteiger partial charge in [-0.25, -0.2) is 21.2 Å². The molecule has 1 saturated heterocycles. The largest absolute Gasteiger partial charge is 0.495 e. The van der Waals surface area contributed by atoms with Crippen molar-refractivity contribution in [3.8, 4) is 5.75 Å². The number of nitrogens with one attached hydrogen (secondary N) is 1. The summed E-state index contributed by atoms with van der Waals surface area (Å²) < 4.78 is 72.0. The summed E-state index contributed by atoms with van der Waals surface area (Å²) >= 11 is 0. The zero-order valence-electron chi connectivity index (χ0n) is 20.9. The van der Waals surface area contributed by atoms with Crippen LogP contribution in [0.3, 0.4) is 0 Å². The molecule has 1 heterocycles. The first-order valence-electron chi connectivity index (χ1n) is 11.8. The van der Waals surface area contributed by atoms with Gasteiger partial charge in [0.1, 0.15) is 11.6 Å². The first-order valence-corrected chi connectivity index (χ1v) is 15.1. The minimum atomic E-state index is -3.70. The molecule has 1 aliphatic heterocycles. The number of hydrogen-bond acceptors (Lipinski definition) is 6. The predicted octanol–water partition coefficient (Wildman–Crippen LogP) is 3.84. The van der Waals surface area contributed by atoms with Gasteiger partial charge in [0, 0.05) is 18.7 Å². The van der Waals surface area contributed by atoms with E-state index in [0.29, 0.717) is 24.3 Å². The Morgan fingerprint density at radius 3 is 2.18 bits per heavy atom. The van der Waals surface area contributed by atoms with Crippen LogP contribution in [0.1, 0.15) is 28.8 Å². The zero-order valence-corrected chi connectivity index (χ0v) is 22.6. The quantitative estimate of drug-likeness (QED) is 0.425. The van der Waals surface area contributed by atoms with Crippen molar-refractivity contribution in [3.05, 3.63) is 83.7 Å². The van der Waals surface area contributed by atoms with Crippen molar-refractivity contribution in [2.45, 2.75) is 24.3 Å². The highest BCUT2D eigenvalue weighted by molar-refractivity contribution is 7.92. The highest BCUT2D eigenvalue weighted by atomic mass is 32.2. The van der Waals surface area contributed by atoms with Gasteiger partial charge in [-0.1, -0.05) is 12.1 Å². The van der Waals surface area contributed by atoms with E-state index in [9.17, 15) is 26.0 Å². The second-order valence-corrected chi connectivity index (χ2v) is 12.7. The van der Waals surface area contributed by atoms with Gasteiger partial charge in [0.2, 0.25) is 20.0 Å². The first kappa shape index (κ1) is 27.6. The van der Waals surface area contributed by atoms with E-state index in [4.69, 9.17) is 4.74 Å². The number of anilines is 2. The van der Waals surface area contributed by atoms with Crippen LogP contribution >= 0.6 is 0 Å². The molecule has 1 amide bonds. The van der Waals surface area contributed by atoms with Crippen LogP contribution in [-0.4, -0.2) is 53.5 Å². The Bertz CT molecular complexity index is 1520. The molecule has 0 atom stereocenters. The molecule has 38 heavy (non-hydrogen) atoms. The van der Waals surface area contributed by atoms with Crippen LogP contribution in [0.15, 0.2) is 71.6 Å². The lowest BCUT2D eigenvalue weighted by Gasteiger charge is -2.23. The van der Waals surface area contributed by atoms with E-state index in [1.54, 1.807) is 0 Å². The van der Waals surface area contributed by atoms with Crippen molar-refractivity contribution >= 4 is 37.3 Å². The maximum Gasteiger partial charge on any atom is 0.255 e. The van der Waals surface area contributed by atoms with Crippen molar-refractivity contribution < 1.29 is 30.8 Å². The van der Waals surface area contributed by atoms with Gasteiger partial charge in [-0.05, 0) is 73.0 Å². The number of carbonyl (C=O) groups is 1. The van der Waals surface area contributed by atoms with E-state index in [1.165, 1.54) is 78.1 Å². The maximum atomic E-state index is 13.2. The molecule has 0 spiro atoms. The summed E-state index contributed by atoms with van der Waals surface area (Å²) in [7, 11) is -5.97. The fraction of sp³-hybridized carbons (Fsp3) is 0.269. The topological polar surface area (TPSA) is 113 Å². The van der Waals surface area contributed by atoms with E-state index >= 15 is 0 Å². The maximum absolute atomic E-state index is 13.2. The minimum Gasteiger partial charge on any atom is -0.495 e. The summed E-state index contributed by atoms with van der Waals surface area (Å²) in [6.07, 6.45) is 2.66. The molecule has 202 valence electrons. The number of methoxy groups -OCH3 is 1. The Morgan fingerprint density at radius 2 is 1.61 bits per heavy atom. The lowest BCUT2D eigenvalue weighted by molar-refractivity contribution is 0.102. The Balaban J connectivity index is 1.55. The van der Waals surface area contributed by atoms with E-state index in [-0.39, 0.29) is 28.4 Å². The fourth-order valence-corrected chi connectivity index (χ4v) is 6.58. The lowest BCUT2D eigenvalue weighted by Crippen LogP contribution is -2.29. The molecule has 0 unspecified atom stereocenters. The third kappa shape index (κ3) is 6.14. The molecule has 12 heteroatoms. The Hall–Kier alpha value is -3.48. The summed E-state index contributed by atoms with van der Waals surface area (Å²) in [5, 5.41) is 2.69. The number of carbonyl (C=O) groups excluding carboxylic acids is 1. The molecular weight excluding hydrogens is 533 g/mol. The monoisotopic (exact) mass is 561 g/mol. The molecule has 3 aromatic carbocycles. The van der Waals surface area contributed by atoms with Crippen molar-refractivity contribution in [2.75, 3.05) is 36.1 Å². The van der Waals surface area contributed by atoms with Gasteiger partial charge >= 0.3 is 0 Å². The molecule has 0 aromatic heterocycles. The van der Waals surface area contributed by atoms with E-state index in [2.05, 4.69) is 5.32 Å². The van der Waals surface area contributed by atoms with Crippen LogP contribution in [0.25, 0.3) is 0 Å². The molecule has 0 radical (unpaired) electrons. The number of benzene rings is 3. The molecule has 4 rings (SSSR count). The number of ether oxygens (including phenoxy) is 1. The molecule has 1 aliphatic rings. The Labute approximate surface area is 221 Å². The van der Waals surface area contributed by atoms with Crippen molar-refractivity contribution in [3.63, 3.8) is 0 Å². The van der Waals surface area contributed by atoms with Gasteiger partial charge in [0.05, 0.1) is 36.2 Å². The molecule has 0 bridgehead atoms. The summed E-state index contributed by atoms with van der Waals surface area (Å²) in [6, 6.07) is 15.7. The standard InChI is InChI=1S/C26H28FN3O6S2/c1-36-25-14-13-23(38(34,35)29-15-3-4-16-29)17-24(25)28-26(31)20-7-11-22(12-8-20)30(37(2,32)33)18-19-5-9-21(27)10-6-19/h5-14,17H,3-4,15-16,18H2,1-2H3,(H,28,31). The van der Waals surface area contributed by atoms with Crippen LogP contribution in [0.4, 0.5) is 15.8 Å². The molecule has 0 saturated carbocycles. The van der Waals surface area contributed by atoms with Crippen molar-refractivity contribution in [1.29, 1.82) is 0 Å². The Morgan fingerprint density at radius 1 is 0.974 bits per heavy atom. The minimum absolute atomic E-state index is 0.0138. The summed E-state index contributed by atoms with van der Waals surface area (Å²) in [4.78, 5) is 13.1. The van der Waals surface area contributed by atoms with Crippen molar-refractivity contribution in [1.82, 2.24) is 4.31 Å². The summed E-state index contributed by atoms with van der Waals surface area (Å²) in [6.45, 7) is 0.891. The predicted molar refractivity (Wildman–Crippen MR) is 143 cm³/mol. The van der Waals surface area contributed by atoms with Crippen LogP contribution in [-0.2, 0) is 26.6 Å². The molecule has 3 aromatic rings. The average molecular weight is 562 g/mol. The van der Waals surface area contributed by atoms with Gasteiger partial charge in [0.15, 0.2) is 0 Å². The second-order valence-electron chi connectivity index (χ2n) is 8.87. The van der Waals surface area contributed by atoms with E-state index in [0.717, 1.165) is 23.4 Å². The molecule has 9 nitrogen and oxygen atoms in total. The number of halogens is 1. The second kappa shape index (κ2) is 11.1. The van der Waals surface area contributed by atoms with Crippen LogP contribution in [0, 0.1) is 5.82 Å². The first-order chi connectivity index (χ1) is 18.0. The summed E-state index contributed by atoms with van der Waals surface area (Å²) in [5.41, 5.74) is 1.33. The molecule has 0 aliphatic carbocycles. The lowest BCUT2D eigenvalue weighted by atomic mass is 10.1. The highest BCUT2D eigenvalue weighted by Gasteiger charge is 2.28. The normalized spacial score (nSPS) is 14.3. The smallest absolute Gasteiger partial charge is 0.255 e. The van der Waals surface area contributed by atoms with Crippen LogP contribution in [0.2, 0.25) is 0 Å². The third-order valence-corrected chi connectivity index (χ3v) is 9.21. The molecule has 1 fully saturated rings. The van der Waals surface area contributed by atoms with Gasteiger partial charge in [0.25, 0.3) is 5.91 Å². The number of sulfonamides is 2. The van der Waals surface area contributed by atoms with Crippen LogP contribution in [0.5, 0.6) is 5.75 Å². The fourth-order valence-electron chi connectivity index (χ4n) is 4.15. The van der Waals surface area contributed by atoms with E-state index < -0.39 is 31.8 Å². The molecular formula is C26H28FN3O6S2. The average Bonchev–Trinajstić information content (AvgIpc) is 3.44. The van der Waals surface area contributed by atoms with Gasteiger partial charge < -0.3 is 10.1 Å². The molecule has 1 N–H and O–H groups in total. The Kier molecular flexibility index (Phi) is 8.05. The zero-order chi connectivity index (χ0) is 27.5. The van der Waals surface area contributed by atoms with Gasteiger partial charge in [-0.15, -0.1) is 0 Å². The van der Waals surface area contributed by atoms with Crippen molar-refractivity contribution in [2.24, 2.45) is 0 Å². The van der Waals surface area contributed by atoms with E-state index in [1.807, 2.05) is 0 Å².